The highest BCUT2D eigenvalue weighted by Gasteiger charge is 2.51. The molecule has 6 nitrogen and oxygen atoms in total. The van der Waals surface area contributed by atoms with E-state index in [0.29, 0.717) is 17.8 Å². The highest BCUT2D eigenvalue weighted by Crippen LogP contribution is 2.48. The van der Waals surface area contributed by atoms with E-state index in [9.17, 15) is 23.9 Å². The fourth-order valence-corrected chi connectivity index (χ4v) is 4.25. The SMILES string of the molecule is O=C(Nc1ccc(F)cc1)c1ccccc1NC(=O)C1C2C=CC(C2)C1C(=O)O. The first-order chi connectivity index (χ1) is 13.9. The van der Waals surface area contributed by atoms with Crippen LogP contribution >= 0.6 is 0 Å². The summed E-state index contributed by atoms with van der Waals surface area (Å²) in [6.45, 7) is 0. The minimum atomic E-state index is -0.982. The van der Waals surface area contributed by atoms with Crippen molar-refractivity contribution in [3.63, 3.8) is 0 Å². The number of benzene rings is 2. The summed E-state index contributed by atoms with van der Waals surface area (Å²) in [6.07, 6.45) is 4.43. The molecule has 2 aliphatic rings. The Morgan fingerprint density at radius 1 is 0.897 bits per heavy atom. The molecule has 0 aliphatic heterocycles. The van der Waals surface area contributed by atoms with E-state index in [1.54, 1.807) is 24.3 Å². The van der Waals surface area contributed by atoms with Crippen LogP contribution in [0.2, 0.25) is 0 Å². The third-order valence-electron chi connectivity index (χ3n) is 5.58. The molecule has 0 spiro atoms. The first kappa shape index (κ1) is 18.9. The molecule has 2 bridgehead atoms. The van der Waals surface area contributed by atoms with Crippen LogP contribution < -0.4 is 10.6 Å². The van der Waals surface area contributed by atoms with Crippen molar-refractivity contribution in [2.45, 2.75) is 6.42 Å². The van der Waals surface area contributed by atoms with E-state index >= 15 is 0 Å². The van der Waals surface area contributed by atoms with Gasteiger partial charge in [-0.3, -0.25) is 14.4 Å². The average Bonchev–Trinajstić information content (AvgIpc) is 3.31. The first-order valence-electron chi connectivity index (χ1n) is 9.32. The van der Waals surface area contributed by atoms with E-state index in [4.69, 9.17) is 0 Å². The van der Waals surface area contributed by atoms with Crippen molar-refractivity contribution in [2.75, 3.05) is 10.6 Å². The smallest absolute Gasteiger partial charge is 0.307 e. The minimum Gasteiger partial charge on any atom is -0.481 e. The fourth-order valence-electron chi connectivity index (χ4n) is 4.25. The lowest BCUT2D eigenvalue weighted by Gasteiger charge is -2.24. The zero-order chi connectivity index (χ0) is 20.5. The van der Waals surface area contributed by atoms with E-state index in [-0.39, 0.29) is 17.4 Å². The predicted octanol–water partition coefficient (Wildman–Crippen LogP) is 3.54. The summed E-state index contributed by atoms with van der Waals surface area (Å²) < 4.78 is 13.0. The Morgan fingerprint density at radius 2 is 1.55 bits per heavy atom. The molecule has 2 amide bonds. The van der Waals surface area contributed by atoms with E-state index < -0.39 is 35.4 Å². The molecule has 1 fully saturated rings. The number of fused-ring (bicyclic) bond motifs is 2. The number of hydrogen-bond donors (Lipinski definition) is 3. The van der Waals surface area contributed by atoms with Gasteiger partial charge in [0.2, 0.25) is 5.91 Å². The predicted molar refractivity (Wildman–Crippen MR) is 105 cm³/mol. The van der Waals surface area contributed by atoms with Gasteiger partial charge < -0.3 is 15.7 Å². The zero-order valence-electron chi connectivity index (χ0n) is 15.3. The lowest BCUT2D eigenvalue weighted by molar-refractivity contribution is -0.146. The topological polar surface area (TPSA) is 95.5 Å². The fraction of sp³-hybridized carbons (Fsp3) is 0.227. The lowest BCUT2D eigenvalue weighted by Crippen LogP contribution is -2.36. The molecule has 2 aliphatic carbocycles. The minimum absolute atomic E-state index is 0.110. The molecule has 148 valence electrons. The summed E-state index contributed by atoms with van der Waals surface area (Å²) in [6, 6.07) is 11.8. The van der Waals surface area contributed by atoms with Crippen LogP contribution in [0, 0.1) is 29.5 Å². The number of carboxylic acid groups (broad SMARTS) is 1. The van der Waals surface area contributed by atoms with Crippen molar-refractivity contribution in [3.05, 3.63) is 72.1 Å². The second-order valence-corrected chi connectivity index (χ2v) is 7.33. The molecule has 0 radical (unpaired) electrons. The summed E-state index contributed by atoms with van der Waals surface area (Å²) in [7, 11) is 0. The van der Waals surface area contributed by atoms with Crippen LogP contribution in [0.25, 0.3) is 0 Å². The van der Waals surface area contributed by atoms with Gasteiger partial charge in [-0.15, -0.1) is 0 Å². The van der Waals surface area contributed by atoms with Gasteiger partial charge in [0.25, 0.3) is 5.91 Å². The molecule has 0 aromatic heterocycles. The van der Waals surface area contributed by atoms with E-state index in [1.807, 2.05) is 12.2 Å². The number of carbonyl (C=O) groups excluding carboxylic acids is 2. The maximum atomic E-state index is 13.0. The molecule has 2 aromatic carbocycles. The molecule has 2 aromatic rings. The van der Waals surface area contributed by atoms with Crippen LogP contribution in [-0.2, 0) is 9.59 Å². The molecule has 4 atom stereocenters. The molecule has 1 saturated carbocycles. The number of para-hydroxylation sites is 1. The van der Waals surface area contributed by atoms with Gasteiger partial charge in [0.05, 0.1) is 23.1 Å². The Balaban J connectivity index is 1.53. The van der Waals surface area contributed by atoms with Gasteiger partial charge in [-0.25, -0.2) is 4.39 Å². The van der Waals surface area contributed by atoms with E-state index in [0.717, 1.165) is 0 Å². The van der Waals surface area contributed by atoms with Crippen molar-refractivity contribution < 1.29 is 23.9 Å². The molecule has 4 unspecified atom stereocenters. The standard InChI is InChI=1S/C22H19FN2O4/c23-14-7-9-15(10-8-14)24-20(26)16-3-1-2-4-17(16)25-21(27)18-12-5-6-13(11-12)19(18)22(28)29/h1-10,12-13,18-19H,11H2,(H,24,26)(H,25,27)(H,28,29). The van der Waals surface area contributed by atoms with Crippen LogP contribution in [-0.4, -0.2) is 22.9 Å². The van der Waals surface area contributed by atoms with Crippen molar-refractivity contribution in [2.24, 2.45) is 23.7 Å². The van der Waals surface area contributed by atoms with Crippen molar-refractivity contribution in [1.29, 1.82) is 0 Å². The summed E-state index contributed by atoms with van der Waals surface area (Å²) in [4.78, 5) is 37.2. The number of halogens is 1. The Labute approximate surface area is 166 Å². The van der Waals surface area contributed by atoms with Crippen LogP contribution in [0.3, 0.4) is 0 Å². The number of amides is 2. The number of aliphatic carboxylic acids is 1. The largest absolute Gasteiger partial charge is 0.481 e. The summed E-state index contributed by atoms with van der Waals surface area (Å²) in [5, 5.41) is 14.9. The van der Waals surface area contributed by atoms with Gasteiger partial charge in [0.1, 0.15) is 5.82 Å². The maximum Gasteiger partial charge on any atom is 0.307 e. The number of hydrogen-bond acceptors (Lipinski definition) is 3. The van der Waals surface area contributed by atoms with Crippen LogP contribution in [0.5, 0.6) is 0 Å². The Kier molecular flexibility index (Phi) is 4.88. The van der Waals surface area contributed by atoms with Crippen LogP contribution in [0.1, 0.15) is 16.8 Å². The zero-order valence-corrected chi connectivity index (χ0v) is 15.3. The van der Waals surface area contributed by atoms with Gasteiger partial charge >= 0.3 is 5.97 Å². The van der Waals surface area contributed by atoms with Crippen LogP contribution in [0.15, 0.2) is 60.7 Å². The van der Waals surface area contributed by atoms with Gasteiger partial charge in [-0.05, 0) is 54.7 Å². The van der Waals surface area contributed by atoms with Crippen molar-refractivity contribution in [3.8, 4) is 0 Å². The lowest BCUT2D eigenvalue weighted by atomic mass is 9.82. The van der Waals surface area contributed by atoms with Crippen LogP contribution in [0.4, 0.5) is 15.8 Å². The number of anilines is 2. The number of allylic oxidation sites excluding steroid dienone is 2. The van der Waals surface area contributed by atoms with Gasteiger partial charge in [0.15, 0.2) is 0 Å². The first-order valence-corrected chi connectivity index (χ1v) is 9.32. The number of carboxylic acids is 1. The monoisotopic (exact) mass is 394 g/mol. The average molecular weight is 394 g/mol. The van der Waals surface area contributed by atoms with E-state index in [2.05, 4.69) is 10.6 Å². The van der Waals surface area contributed by atoms with E-state index in [1.165, 1.54) is 24.3 Å². The number of rotatable bonds is 5. The third kappa shape index (κ3) is 3.63. The summed E-state index contributed by atoms with van der Waals surface area (Å²) in [5.74, 6) is -3.94. The highest BCUT2D eigenvalue weighted by molar-refractivity contribution is 6.10. The Bertz CT molecular complexity index is 1000. The summed E-state index contributed by atoms with van der Waals surface area (Å²) in [5.41, 5.74) is 0.950. The molecule has 4 rings (SSSR count). The number of carbonyl (C=O) groups is 3. The summed E-state index contributed by atoms with van der Waals surface area (Å²) >= 11 is 0. The molecule has 0 heterocycles. The van der Waals surface area contributed by atoms with Crippen molar-refractivity contribution >= 4 is 29.2 Å². The quantitative estimate of drug-likeness (QED) is 0.676. The van der Waals surface area contributed by atoms with Gasteiger partial charge in [0, 0.05) is 5.69 Å². The molecule has 29 heavy (non-hydrogen) atoms. The molecular weight excluding hydrogens is 375 g/mol. The second kappa shape index (κ2) is 7.50. The normalized spacial score (nSPS) is 24.3. The van der Waals surface area contributed by atoms with Gasteiger partial charge in [-0.2, -0.15) is 0 Å². The molecule has 3 N–H and O–H groups in total. The Hall–Kier alpha value is -3.48. The second-order valence-electron chi connectivity index (χ2n) is 7.33. The van der Waals surface area contributed by atoms with Gasteiger partial charge in [-0.1, -0.05) is 24.3 Å². The maximum absolute atomic E-state index is 13.0. The molecule has 7 heteroatoms. The number of nitrogens with one attached hydrogen (secondary N) is 2. The highest BCUT2D eigenvalue weighted by atomic mass is 19.1. The third-order valence-corrected chi connectivity index (χ3v) is 5.58. The Morgan fingerprint density at radius 3 is 2.24 bits per heavy atom. The van der Waals surface area contributed by atoms with Crippen molar-refractivity contribution in [1.82, 2.24) is 0 Å². The molecular formula is C22H19FN2O4. The molecule has 0 saturated heterocycles.